The van der Waals surface area contributed by atoms with Gasteiger partial charge in [-0.2, -0.15) is 0 Å². The second-order valence-electron chi connectivity index (χ2n) is 6.80. The van der Waals surface area contributed by atoms with Crippen LogP contribution in [0.15, 0.2) is 12.7 Å². The first-order valence-corrected chi connectivity index (χ1v) is 7.36. The smallest absolute Gasteiger partial charge is 0.139 e. The predicted octanol–water partition coefficient (Wildman–Crippen LogP) is 4.13. The van der Waals surface area contributed by atoms with Crippen LogP contribution < -0.4 is 0 Å². The third-order valence-electron chi connectivity index (χ3n) is 5.44. The molecule has 1 nitrogen and oxygen atoms in total. The van der Waals surface area contributed by atoms with E-state index in [1.165, 1.54) is 38.5 Å². The number of hydrogen-bond donors (Lipinski definition) is 0. The third kappa shape index (κ3) is 1.98. The molecule has 0 heterocycles. The Labute approximate surface area is 105 Å². The maximum Gasteiger partial charge on any atom is 0.139 e. The van der Waals surface area contributed by atoms with E-state index in [0.717, 1.165) is 37.0 Å². The quantitative estimate of drug-likeness (QED) is 0.514. The molecule has 0 unspecified atom stereocenters. The Kier molecular flexibility index (Phi) is 2.88. The summed E-state index contributed by atoms with van der Waals surface area (Å²) in [6, 6.07) is 0. The number of rotatable bonds is 5. The van der Waals surface area contributed by atoms with Gasteiger partial charge in [0.05, 0.1) is 0 Å². The molecule has 0 saturated heterocycles. The van der Waals surface area contributed by atoms with E-state index in [4.69, 9.17) is 0 Å². The molecule has 0 aromatic carbocycles. The zero-order valence-electron chi connectivity index (χ0n) is 10.8. The number of carbonyl (C=O) groups is 1. The van der Waals surface area contributed by atoms with Gasteiger partial charge in [0, 0.05) is 11.8 Å². The molecule has 4 rings (SSSR count). The molecule has 94 valence electrons. The fraction of sp³-hybridized carbons (Fsp3) is 0.812. The second-order valence-corrected chi connectivity index (χ2v) is 6.80. The van der Waals surface area contributed by atoms with Crippen molar-refractivity contribution in [2.24, 2.45) is 23.2 Å². The van der Waals surface area contributed by atoms with Crippen LogP contribution in [0.4, 0.5) is 0 Å². The molecule has 4 aliphatic rings. The zero-order chi connectivity index (χ0) is 11.9. The highest BCUT2D eigenvalue weighted by Crippen LogP contribution is 2.60. The highest BCUT2D eigenvalue weighted by atomic mass is 16.1. The first-order chi connectivity index (χ1) is 8.22. The van der Waals surface area contributed by atoms with Gasteiger partial charge < -0.3 is 0 Å². The largest absolute Gasteiger partial charge is 0.299 e. The molecule has 0 N–H and O–H groups in total. The van der Waals surface area contributed by atoms with E-state index in [9.17, 15) is 4.79 Å². The molecular weight excluding hydrogens is 208 g/mol. The lowest BCUT2D eigenvalue weighted by atomic mass is 9.48. The lowest BCUT2D eigenvalue weighted by Crippen LogP contribution is -2.49. The van der Waals surface area contributed by atoms with Crippen molar-refractivity contribution in [2.45, 2.75) is 57.8 Å². The van der Waals surface area contributed by atoms with Gasteiger partial charge in [-0.15, -0.1) is 6.58 Å². The van der Waals surface area contributed by atoms with Gasteiger partial charge in [-0.3, -0.25) is 4.79 Å². The van der Waals surface area contributed by atoms with Crippen molar-refractivity contribution < 1.29 is 4.79 Å². The van der Waals surface area contributed by atoms with Crippen LogP contribution in [0.2, 0.25) is 0 Å². The zero-order valence-corrected chi connectivity index (χ0v) is 10.8. The van der Waals surface area contributed by atoms with E-state index >= 15 is 0 Å². The Morgan fingerprint density at radius 3 is 2.12 bits per heavy atom. The first-order valence-electron chi connectivity index (χ1n) is 7.36. The van der Waals surface area contributed by atoms with Gasteiger partial charge in [-0.1, -0.05) is 6.08 Å². The summed E-state index contributed by atoms with van der Waals surface area (Å²) in [7, 11) is 0. The van der Waals surface area contributed by atoms with Crippen LogP contribution in [0, 0.1) is 23.2 Å². The lowest BCUT2D eigenvalue weighted by Gasteiger charge is -2.56. The summed E-state index contributed by atoms with van der Waals surface area (Å²) in [6.45, 7) is 3.74. The fourth-order valence-corrected chi connectivity index (χ4v) is 5.12. The first kappa shape index (κ1) is 11.5. The van der Waals surface area contributed by atoms with E-state index in [1.54, 1.807) is 0 Å². The third-order valence-corrected chi connectivity index (χ3v) is 5.44. The maximum absolute atomic E-state index is 12.5. The summed E-state index contributed by atoms with van der Waals surface area (Å²) < 4.78 is 0. The second kappa shape index (κ2) is 4.26. The van der Waals surface area contributed by atoms with Crippen molar-refractivity contribution in [1.82, 2.24) is 0 Å². The normalized spacial score (nSPS) is 42.7. The van der Waals surface area contributed by atoms with Crippen molar-refractivity contribution in [1.29, 1.82) is 0 Å². The van der Waals surface area contributed by atoms with Crippen LogP contribution in [-0.2, 0) is 4.79 Å². The molecule has 4 bridgehead atoms. The molecule has 4 aliphatic carbocycles. The molecule has 17 heavy (non-hydrogen) atoms. The summed E-state index contributed by atoms with van der Waals surface area (Å²) >= 11 is 0. The summed E-state index contributed by atoms with van der Waals surface area (Å²) in [5.41, 5.74) is 0.135. The maximum atomic E-state index is 12.5. The minimum absolute atomic E-state index is 0.135. The van der Waals surface area contributed by atoms with Gasteiger partial charge in [-0.05, 0) is 69.1 Å². The van der Waals surface area contributed by atoms with Crippen molar-refractivity contribution in [3.63, 3.8) is 0 Å². The van der Waals surface area contributed by atoms with E-state index in [0.29, 0.717) is 5.78 Å². The van der Waals surface area contributed by atoms with E-state index < -0.39 is 0 Å². The SMILES string of the molecule is C=CCCCC(=O)C12CC3CC(CC(C3)C1)C2. The van der Waals surface area contributed by atoms with Crippen molar-refractivity contribution in [3.05, 3.63) is 12.7 Å². The molecule has 4 fully saturated rings. The highest BCUT2D eigenvalue weighted by molar-refractivity contribution is 5.85. The molecule has 4 saturated carbocycles. The standard InChI is InChI=1S/C16H24O/c1-2-3-4-5-15(17)16-9-12-6-13(10-16)8-14(7-12)11-16/h2,12-14H,1,3-11H2. The van der Waals surface area contributed by atoms with E-state index in [1.807, 2.05) is 6.08 Å². The number of carbonyl (C=O) groups excluding carboxylic acids is 1. The van der Waals surface area contributed by atoms with Gasteiger partial charge in [0.1, 0.15) is 5.78 Å². The Morgan fingerprint density at radius 2 is 1.65 bits per heavy atom. The molecule has 0 aromatic rings. The number of ketones is 1. The van der Waals surface area contributed by atoms with Crippen molar-refractivity contribution in [2.75, 3.05) is 0 Å². The molecule has 0 radical (unpaired) electrons. The van der Waals surface area contributed by atoms with Crippen molar-refractivity contribution in [3.8, 4) is 0 Å². The number of allylic oxidation sites excluding steroid dienone is 1. The van der Waals surface area contributed by atoms with Crippen LogP contribution in [0.25, 0.3) is 0 Å². The van der Waals surface area contributed by atoms with Crippen LogP contribution in [0.3, 0.4) is 0 Å². The van der Waals surface area contributed by atoms with Crippen LogP contribution in [0.5, 0.6) is 0 Å². The molecular formula is C16H24O. The Morgan fingerprint density at radius 1 is 1.12 bits per heavy atom. The summed E-state index contributed by atoms with van der Waals surface area (Å²) in [5, 5.41) is 0. The topological polar surface area (TPSA) is 17.1 Å². The average molecular weight is 232 g/mol. The minimum Gasteiger partial charge on any atom is -0.299 e. The monoisotopic (exact) mass is 232 g/mol. The molecule has 0 spiro atoms. The molecule has 0 aliphatic heterocycles. The number of hydrogen-bond acceptors (Lipinski definition) is 1. The average Bonchev–Trinajstić information content (AvgIpc) is 2.27. The Hall–Kier alpha value is -0.590. The molecule has 0 amide bonds. The lowest BCUT2D eigenvalue weighted by molar-refractivity contribution is -0.143. The summed E-state index contributed by atoms with van der Waals surface area (Å²) in [6.07, 6.45) is 12.7. The van der Waals surface area contributed by atoms with Gasteiger partial charge in [0.15, 0.2) is 0 Å². The molecule has 0 atom stereocenters. The Bertz CT molecular complexity index is 293. The van der Waals surface area contributed by atoms with Gasteiger partial charge >= 0.3 is 0 Å². The number of unbranched alkanes of at least 4 members (excludes halogenated alkanes) is 1. The highest BCUT2D eigenvalue weighted by Gasteiger charge is 2.53. The van der Waals surface area contributed by atoms with Crippen LogP contribution in [0.1, 0.15) is 57.8 Å². The van der Waals surface area contributed by atoms with Crippen LogP contribution in [-0.4, -0.2) is 5.78 Å². The summed E-state index contributed by atoms with van der Waals surface area (Å²) in [5.74, 6) is 3.28. The molecule has 1 heteroatoms. The van der Waals surface area contributed by atoms with Gasteiger partial charge in [0.25, 0.3) is 0 Å². The van der Waals surface area contributed by atoms with Gasteiger partial charge in [0.2, 0.25) is 0 Å². The van der Waals surface area contributed by atoms with Gasteiger partial charge in [-0.25, -0.2) is 0 Å². The Balaban J connectivity index is 1.68. The van der Waals surface area contributed by atoms with Crippen molar-refractivity contribution >= 4 is 5.78 Å². The number of Topliss-reactive ketones (excluding diaryl/α,β-unsaturated/α-hetero) is 1. The van der Waals surface area contributed by atoms with E-state index in [-0.39, 0.29) is 5.41 Å². The van der Waals surface area contributed by atoms with Crippen LogP contribution >= 0.6 is 0 Å². The summed E-state index contributed by atoms with van der Waals surface area (Å²) in [4.78, 5) is 12.5. The molecule has 0 aromatic heterocycles. The fourth-order valence-electron chi connectivity index (χ4n) is 5.12. The van der Waals surface area contributed by atoms with E-state index in [2.05, 4.69) is 6.58 Å². The predicted molar refractivity (Wildman–Crippen MR) is 69.7 cm³/mol. The minimum atomic E-state index is 0.135.